The van der Waals surface area contributed by atoms with Crippen molar-refractivity contribution in [3.8, 4) is 0 Å². The molecule has 0 spiro atoms. The van der Waals surface area contributed by atoms with Crippen LogP contribution in [0.15, 0.2) is 52.8 Å². The topological polar surface area (TPSA) is 61.6 Å². The van der Waals surface area contributed by atoms with Crippen molar-refractivity contribution < 1.29 is 0 Å². The van der Waals surface area contributed by atoms with Crippen LogP contribution in [0.5, 0.6) is 0 Å². The summed E-state index contributed by atoms with van der Waals surface area (Å²) in [4.78, 5) is 11.2. The lowest BCUT2D eigenvalue weighted by atomic mass is 10.2. The number of hydrogen-bond acceptors (Lipinski definition) is 5. The van der Waals surface area contributed by atoms with Gasteiger partial charge in [0.1, 0.15) is 12.4 Å². The van der Waals surface area contributed by atoms with E-state index in [1.807, 2.05) is 18.5 Å². The molecular weight excluding hydrogens is 406 g/mol. The fourth-order valence-corrected chi connectivity index (χ4v) is 4.42. The molecule has 1 fully saturated rings. The van der Waals surface area contributed by atoms with E-state index in [1.165, 1.54) is 10.4 Å². The molecule has 1 aromatic carbocycles. The predicted molar refractivity (Wildman–Crippen MR) is 126 cm³/mol. The van der Waals surface area contributed by atoms with Crippen LogP contribution in [0, 0.1) is 6.92 Å². The Hall–Kier alpha value is -2.71. The number of aromatic nitrogens is 3. The minimum Gasteiger partial charge on any atom is -0.356 e. The average molecular weight is 438 g/mol. The first-order valence-electron chi connectivity index (χ1n) is 10.9. The van der Waals surface area contributed by atoms with Gasteiger partial charge in [0.25, 0.3) is 0 Å². The van der Waals surface area contributed by atoms with Gasteiger partial charge in [0.05, 0.1) is 0 Å². The number of aliphatic imine (C=N–C) groups is 1. The number of rotatable bonds is 7. The second kappa shape index (κ2) is 10.5. The van der Waals surface area contributed by atoms with Crippen LogP contribution in [-0.4, -0.2) is 63.2 Å². The third-order valence-electron chi connectivity index (χ3n) is 5.71. The molecule has 3 aromatic rings. The lowest BCUT2D eigenvalue weighted by Crippen LogP contribution is -2.52. The molecule has 1 aliphatic rings. The fourth-order valence-electron chi connectivity index (χ4n) is 3.71. The van der Waals surface area contributed by atoms with Crippen molar-refractivity contribution in [3.63, 3.8) is 0 Å². The Bertz CT molecular complexity index is 957. The molecule has 3 heterocycles. The SMILES string of the molecule is Cc1nnc(CN=C(NCCc2cccs2)N2CCN(Cc3ccccc3)CC2)n1C. The number of hydrogen-bond donors (Lipinski definition) is 1. The summed E-state index contributed by atoms with van der Waals surface area (Å²) in [5, 5.41) is 14.1. The summed E-state index contributed by atoms with van der Waals surface area (Å²) in [5.74, 6) is 2.77. The highest BCUT2D eigenvalue weighted by molar-refractivity contribution is 7.09. The third-order valence-corrected chi connectivity index (χ3v) is 6.64. The summed E-state index contributed by atoms with van der Waals surface area (Å²) in [6.45, 7) is 8.38. The van der Waals surface area contributed by atoms with Crippen LogP contribution in [0.4, 0.5) is 0 Å². The molecule has 4 rings (SSSR count). The average Bonchev–Trinajstić information content (AvgIpc) is 3.43. The molecule has 0 amide bonds. The van der Waals surface area contributed by atoms with Crippen LogP contribution >= 0.6 is 11.3 Å². The Balaban J connectivity index is 1.37. The molecular formula is C23H31N7S. The number of piperazine rings is 1. The molecule has 1 aliphatic heterocycles. The zero-order valence-corrected chi connectivity index (χ0v) is 19.2. The first-order chi connectivity index (χ1) is 15.2. The summed E-state index contributed by atoms with van der Waals surface area (Å²) in [7, 11) is 1.99. The van der Waals surface area contributed by atoms with Gasteiger partial charge < -0.3 is 14.8 Å². The maximum Gasteiger partial charge on any atom is 0.194 e. The molecule has 164 valence electrons. The molecule has 0 bridgehead atoms. The number of nitrogens with one attached hydrogen (secondary N) is 1. The maximum absolute atomic E-state index is 4.91. The Morgan fingerprint density at radius 2 is 1.87 bits per heavy atom. The fraction of sp³-hybridized carbons (Fsp3) is 0.435. The summed E-state index contributed by atoms with van der Waals surface area (Å²) in [5.41, 5.74) is 1.37. The van der Waals surface area contributed by atoms with Gasteiger partial charge in [-0.2, -0.15) is 0 Å². The highest BCUT2D eigenvalue weighted by Gasteiger charge is 2.20. The van der Waals surface area contributed by atoms with Gasteiger partial charge in [0.15, 0.2) is 11.8 Å². The van der Waals surface area contributed by atoms with Crippen molar-refractivity contribution in [3.05, 3.63) is 69.9 Å². The highest BCUT2D eigenvalue weighted by atomic mass is 32.1. The molecule has 0 unspecified atom stereocenters. The molecule has 1 N–H and O–H groups in total. The van der Waals surface area contributed by atoms with E-state index in [1.54, 1.807) is 11.3 Å². The van der Waals surface area contributed by atoms with Gasteiger partial charge in [0, 0.05) is 51.2 Å². The summed E-state index contributed by atoms with van der Waals surface area (Å²) in [6.07, 6.45) is 1.01. The van der Waals surface area contributed by atoms with Crippen LogP contribution in [-0.2, 0) is 26.6 Å². The van der Waals surface area contributed by atoms with E-state index in [0.717, 1.165) is 63.3 Å². The normalized spacial score (nSPS) is 15.4. The van der Waals surface area contributed by atoms with Crippen LogP contribution < -0.4 is 5.32 Å². The lowest BCUT2D eigenvalue weighted by Gasteiger charge is -2.36. The molecule has 31 heavy (non-hydrogen) atoms. The van der Waals surface area contributed by atoms with Crippen molar-refractivity contribution in [2.45, 2.75) is 26.4 Å². The monoisotopic (exact) mass is 437 g/mol. The third kappa shape index (κ3) is 5.92. The molecule has 2 aromatic heterocycles. The molecule has 0 aliphatic carbocycles. The van der Waals surface area contributed by atoms with Gasteiger partial charge in [-0.25, -0.2) is 4.99 Å². The van der Waals surface area contributed by atoms with E-state index in [2.05, 4.69) is 73.2 Å². The first-order valence-corrected chi connectivity index (χ1v) is 11.7. The number of guanidine groups is 1. The van der Waals surface area contributed by atoms with Crippen molar-refractivity contribution in [2.75, 3.05) is 32.7 Å². The lowest BCUT2D eigenvalue weighted by molar-refractivity contribution is 0.172. The van der Waals surface area contributed by atoms with Gasteiger partial charge in [0.2, 0.25) is 0 Å². The zero-order chi connectivity index (χ0) is 21.5. The number of thiophene rings is 1. The number of benzene rings is 1. The second-order valence-electron chi connectivity index (χ2n) is 7.87. The summed E-state index contributed by atoms with van der Waals surface area (Å²) in [6, 6.07) is 15.0. The van der Waals surface area contributed by atoms with Gasteiger partial charge in [-0.3, -0.25) is 4.90 Å². The highest BCUT2D eigenvalue weighted by Crippen LogP contribution is 2.11. The standard InChI is InChI=1S/C23H31N7S/c1-19-26-27-22(28(19)2)17-25-23(24-11-10-21-9-6-16-31-21)30-14-12-29(13-15-30)18-20-7-4-3-5-8-20/h3-9,16H,10-15,17-18H2,1-2H3,(H,24,25). The Kier molecular flexibility index (Phi) is 7.32. The summed E-state index contributed by atoms with van der Waals surface area (Å²) >= 11 is 1.80. The zero-order valence-electron chi connectivity index (χ0n) is 18.4. The summed E-state index contributed by atoms with van der Waals surface area (Å²) < 4.78 is 2.00. The molecule has 1 saturated heterocycles. The largest absolute Gasteiger partial charge is 0.356 e. The molecule has 7 nitrogen and oxygen atoms in total. The maximum atomic E-state index is 4.91. The molecule has 0 radical (unpaired) electrons. The first kappa shape index (κ1) is 21.5. The number of nitrogens with zero attached hydrogens (tertiary/aromatic N) is 6. The van der Waals surface area contributed by atoms with E-state index >= 15 is 0 Å². The predicted octanol–water partition coefficient (Wildman–Crippen LogP) is 2.69. The minimum atomic E-state index is 0.531. The Morgan fingerprint density at radius 3 is 2.55 bits per heavy atom. The van der Waals surface area contributed by atoms with Crippen molar-refractivity contribution in [2.24, 2.45) is 12.0 Å². The second-order valence-corrected chi connectivity index (χ2v) is 8.90. The van der Waals surface area contributed by atoms with E-state index in [0.29, 0.717) is 6.54 Å². The van der Waals surface area contributed by atoms with Crippen molar-refractivity contribution >= 4 is 17.3 Å². The van der Waals surface area contributed by atoms with Gasteiger partial charge in [-0.1, -0.05) is 36.4 Å². The van der Waals surface area contributed by atoms with Crippen LogP contribution in [0.3, 0.4) is 0 Å². The van der Waals surface area contributed by atoms with Crippen LogP contribution in [0.25, 0.3) is 0 Å². The van der Waals surface area contributed by atoms with E-state index in [9.17, 15) is 0 Å². The smallest absolute Gasteiger partial charge is 0.194 e. The van der Waals surface area contributed by atoms with E-state index in [-0.39, 0.29) is 0 Å². The van der Waals surface area contributed by atoms with Crippen LogP contribution in [0.2, 0.25) is 0 Å². The Morgan fingerprint density at radius 1 is 1.06 bits per heavy atom. The quantitative estimate of drug-likeness (QED) is 0.455. The molecule has 0 saturated carbocycles. The van der Waals surface area contributed by atoms with Gasteiger partial charge in [-0.05, 0) is 30.4 Å². The Labute approximate surface area is 188 Å². The minimum absolute atomic E-state index is 0.531. The van der Waals surface area contributed by atoms with E-state index < -0.39 is 0 Å². The molecule has 8 heteroatoms. The van der Waals surface area contributed by atoms with E-state index in [4.69, 9.17) is 4.99 Å². The number of aryl methyl sites for hydroxylation is 1. The van der Waals surface area contributed by atoms with Gasteiger partial charge >= 0.3 is 0 Å². The van der Waals surface area contributed by atoms with Crippen molar-refractivity contribution in [1.82, 2.24) is 29.9 Å². The van der Waals surface area contributed by atoms with Crippen LogP contribution in [0.1, 0.15) is 22.1 Å². The van der Waals surface area contributed by atoms with Gasteiger partial charge in [-0.15, -0.1) is 21.5 Å². The van der Waals surface area contributed by atoms with Crippen molar-refractivity contribution in [1.29, 1.82) is 0 Å². The molecule has 0 atom stereocenters.